The van der Waals surface area contributed by atoms with Crippen molar-refractivity contribution in [1.82, 2.24) is 20.2 Å². The van der Waals surface area contributed by atoms with Crippen LogP contribution < -0.4 is 19.6 Å². The molecule has 0 spiro atoms. The number of halogens is 1. The lowest BCUT2D eigenvalue weighted by molar-refractivity contribution is -0.118. The Balaban J connectivity index is 1.50. The van der Waals surface area contributed by atoms with Crippen molar-refractivity contribution >= 4 is 35.5 Å². The number of hydrogen-bond donors (Lipinski definition) is 1. The van der Waals surface area contributed by atoms with Gasteiger partial charge >= 0.3 is 0 Å². The van der Waals surface area contributed by atoms with Gasteiger partial charge < -0.3 is 14.2 Å². The molecule has 11 heteroatoms. The highest BCUT2D eigenvalue weighted by Crippen LogP contribution is 2.39. The van der Waals surface area contributed by atoms with Gasteiger partial charge in [0.1, 0.15) is 0 Å². The van der Waals surface area contributed by atoms with E-state index in [0.29, 0.717) is 38.8 Å². The summed E-state index contributed by atoms with van der Waals surface area (Å²) in [6, 6.07) is 18.9. The van der Waals surface area contributed by atoms with Crippen LogP contribution in [0.1, 0.15) is 11.1 Å². The summed E-state index contributed by atoms with van der Waals surface area (Å²) in [5, 5.41) is 14.0. The Morgan fingerprint density at radius 2 is 1.68 bits per heavy atom. The monoisotopic (exact) mass is 551 g/mol. The van der Waals surface area contributed by atoms with E-state index in [1.165, 1.54) is 32.2 Å². The average molecular weight is 552 g/mol. The number of nitrogens with zero attached hydrogens (tertiary/aromatic N) is 4. The molecule has 9 nitrogen and oxygen atoms in total. The van der Waals surface area contributed by atoms with Crippen LogP contribution in [0.15, 0.2) is 70.9 Å². The van der Waals surface area contributed by atoms with Crippen LogP contribution in [0.3, 0.4) is 0 Å². The predicted molar refractivity (Wildman–Crippen MR) is 149 cm³/mol. The number of rotatable bonds is 10. The third kappa shape index (κ3) is 6.09. The Hall–Kier alpha value is -4.02. The quantitative estimate of drug-likeness (QED) is 0.165. The van der Waals surface area contributed by atoms with Crippen LogP contribution in [-0.4, -0.2) is 54.0 Å². The summed E-state index contributed by atoms with van der Waals surface area (Å²) in [5.41, 5.74) is 6.03. The molecule has 0 fully saturated rings. The number of ether oxygens (including phenoxy) is 3. The SMILES string of the molecule is COc1ccc(/C=N\NC(=O)CSc2nnc(-c3ccc(C)cc3)n2-c2ccc(Cl)cc2)c(OC)c1OC. The molecular weight excluding hydrogens is 526 g/mol. The van der Waals surface area contributed by atoms with E-state index in [1.807, 2.05) is 47.9 Å². The number of benzene rings is 3. The molecule has 0 saturated heterocycles. The number of amides is 1. The molecule has 196 valence electrons. The van der Waals surface area contributed by atoms with E-state index in [0.717, 1.165) is 16.8 Å². The van der Waals surface area contributed by atoms with Crippen molar-refractivity contribution in [2.75, 3.05) is 27.1 Å². The Kier molecular flexibility index (Phi) is 8.88. The lowest BCUT2D eigenvalue weighted by Crippen LogP contribution is -2.20. The zero-order chi connectivity index (χ0) is 27.1. The van der Waals surface area contributed by atoms with Crippen molar-refractivity contribution in [3.63, 3.8) is 0 Å². The van der Waals surface area contributed by atoms with E-state index in [2.05, 4.69) is 20.7 Å². The fraction of sp³-hybridized carbons (Fsp3) is 0.185. The number of aryl methyl sites for hydroxylation is 1. The van der Waals surface area contributed by atoms with E-state index < -0.39 is 0 Å². The first-order valence-corrected chi connectivity index (χ1v) is 12.8. The highest BCUT2D eigenvalue weighted by atomic mass is 35.5. The lowest BCUT2D eigenvalue weighted by Gasteiger charge is -2.13. The second-order valence-corrected chi connectivity index (χ2v) is 9.37. The van der Waals surface area contributed by atoms with Crippen molar-refractivity contribution < 1.29 is 19.0 Å². The maximum Gasteiger partial charge on any atom is 0.250 e. The summed E-state index contributed by atoms with van der Waals surface area (Å²) in [4.78, 5) is 12.6. The van der Waals surface area contributed by atoms with Crippen molar-refractivity contribution in [1.29, 1.82) is 0 Å². The lowest BCUT2D eigenvalue weighted by atomic mass is 10.1. The van der Waals surface area contributed by atoms with E-state index in [1.54, 1.807) is 31.4 Å². The topological polar surface area (TPSA) is 99.9 Å². The van der Waals surface area contributed by atoms with Crippen LogP contribution in [0.4, 0.5) is 0 Å². The summed E-state index contributed by atoms with van der Waals surface area (Å²) in [7, 11) is 4.58. The number of hydrazone groups is 1. The number of hydrogen-bond acceptors (Lipinski definition) is 8. The predicted octanol–water partition coefficient (Wildman–Crippen LogP) is 5.16. The number of carbonyl (C=O) groups is 1. The molecule has 4 aromatic rings. The zero-order valence-corrected chi connectivity index (χ0v) is 22.8. The highest BCUT2D eigenvalue weighted by molar-refractivity contribution is 7.99. The van der Waals surface area contributed by atoms with Gasteiger partial charge in [0, 0.05) is 21.8 Å². The van der Waals surface area contributed by atoms with Gasteiger partial charge in [-0.1, -0.05) is 53.2 Å². The summed E-state index contributed by atoms with van der Waals surface area (Å²) in [6.45, 7) is 2.03. The minimum absolute atomic E-state index is 0.0695. The molecule has 1 aromatic heterocycles. The summed E-state index contributed by atoms with van der Waals surface area (Å²) in [6.07, 6.45) is 1.48. The molecule has 1 N–H and O–H groups in total. The first-order valence-electron chi connectivity index (χ1n) is 11.5. The number of aromatic nitrogens is 3. The Morgan fingerprint density at radius 3 is 2.34 bits per heavy atom. The van der Waals surface area contributed by atoms with Crippen molar-refractivity contribution in [3.05, 3.63) is 76.8 Å². The molecule has 0 saturated carbocycles. The van der Waals surface area contributed by atoms with Crippen LogP contribution in [0.2, 0.25) is 5.02 Å². The molecule has 3 aromatic carbocycles. The molecule has 0 aliphatic rings. The van der Waals surface area contributed by atoms with Crippen molar-refractivity contribution in [2.24, 2.45) is 5.10 Å². The molecule has 0 unspecified atom stereocenters. The summed E-state index contributed by atoms with van der Waals surface area (Å²) < 4.78 is 18.0. The van der Waals surface area contributed by atoms with Crippen molar-refractivity contribution in [2.45, 2.75) is 12.1 Å². The standard InChI is InChI=1S/C27H26ClN5O4S/c1-17-5-7-18(8-6-17)26-31-32-27(33(26)21-12-10-20(28)11-13-21)38-16-23(34)30-29-15-19-9-14-22(35-2)25(37-4)24(19)36-3/h5-15H,16H2,1-4H3,(H,30,34)/b29-15-. The fourth-order valence-electron chi connectivity index (χ4n) is 3.64. The average Bonchev–Trinajstić information content (AvgIpc) is 3.36. The highest BCUT2D eigenvalue weighted by Gasteiger charge is 2.18. The number of nitrogens with one attached hydrogen (secondary N) is 1. The van der Waals surface area contributed by atoms with Gasteiger partial charge in [-0.15, -0.1) is 10.2 Å². The number of thioether (sulfide) groups is 1. The van der Waals surface area contributed by atoms with Crippen LogP contribution in [0.25, 0.3) is 17.1 Å². The molecule has 1 amide bonds. The second kappa shape index (κ2) is 12.5. The molecule has 0 bridgehead atoms. The van der Waals surface area contributed by atoms with Gasteiger partial charge in [0.2, 0.25) is 5.75 Å². The van der Waals surface area contributed by atoms with Gasteiger partial charge in [-0.25, -0.2) is 5.43 Å². The minimum Gasteiger partial charge on any atom is -0.493 e. The van der Waals surface area contributed by atoms with Gasteiger partial charge in [-0.05, 0) is 43.3 Å². The van der Waals surface area contributed by atoms with E-state index >= 15 is 0 Å². The van der Waals surface area contributed by atoms with Crippen LogP contribution in [0.5, 0.6) is 17.2 Å². The third-order valence-electron chi connectivity index (χ3n) is 5.49. The summed E-state index contributed by atoms with van der Waals surface area (Å²) >= 11 is 7.35. The van der Waals surface area contributed by atoms with Gasteiger partial charge in [-0.2, -0.15) is 5.10 Å². The Bertz CT molecular complexity index is 1440. The largest absolute Gasteiger partial charge is 0.493 e. The molecular formula is C27H26ClN5O4S. The molecule has 0 aliphatic heterocycles. The molecule has 0 atom stereocenters. The third-order valence-corrected chi connectivity index (χ3v) is 6.67. The minimum atomic E-state index is -0.312. The van der Waals surface area contributed by atoms with Crippen LogP contribution in [-0.2, 0) is 4.79 Å². The molecule has 38 heavy (non-hydrogen) atoms. The normalized spacial score (nSPS) is 11.0. The van der Waals surface area contributed by atoms with E-state index in [4.69, 9.17) is 25.8 Å². The van der Waals surface area contributed by atoms with Gasteiger partial charge in [0.15, 0.2) is 22.5 Å². The first-order chi connectivity index (χ1) is 18.4. The zero-order valence-electron chi connectivity index (χ0n) is 21.3. The Labute approximate surface area is 229 Å². The maximum atomic E-state index is 12.6. The fourth-order valence-corrected chi connectivity index (χ4v) is 4.51. The smallest absolute Gasteiger partial charge is 0.250 e. The van der Waals surface area contributed by atoms with E-state index in [9.17, 15) is 4.79 Å². The molecule has 1 heterocycles. The Morgan fingerprint density at radius 1 is 0.974 bits per heavy atom. The molecule has 4 rings (SSSR count). The van der Waals surface area contributed by atoms with Crippen LogP contribution in [0, 0.1) is 6.92 Å². The summed E-state index contributed by atoms with van der Waals surface area (Å²) in [5.74, 6) is 1.82. The van der Waals surface area contributed by atoms with Crippen LogP contribution >= 0.6 is 23.4 Å². The van der Waals surface area contributed by atoms with Gasteiger partial charge in [0.05, 0.1) is 33.3 Å². The van der Waals surface area contributed by atoms with Crippen molar-refractivity contribution in [3.8, 4) is 34.3 Å². The first kappa shape index (κ1) is 27.0. The molecule has 0 aliphatic carbocycles. The number of carbonyl (C=O) groups excluding carboxylic acids is 1. The second-order valence-electron chi connectivity index (χ2n) is 7.99. The van der Waals surface area contributed by atoms with Gasteiger partial charge in [0.25, 0.3) is 5.91 Å². The number of methoxy groups -OCH3 is 3. The van der Waals surface area contributed by atoms with Gasteiger partial charge in [-0.3, -0.25) is 9.36 Å². The molecule has 0 radical (unpaired) electrons. The maximum absolute atomic E-state index is 12.6. The van der Waals surface area contributed by atoms with E-state index in [-0.39, 0.29) is 11.7 Å².